The first-order valence-electron chi connectivity index (χ1n) is 6.62. The van der Waals surface area contributed by atoms with E-state index in [0.29, 0.717) is 11.5 Å². The Morgan fingerprint density at radius 3 is 2.71 bits per heavy atom. The van der Waals surface area contributed by atoms with Gasteiger partial charge in [-0.1, -0.05) is 41.9 Å². The molecule has 0 atom stereocenters. The smallest absolute Gasteiger partial charge is 0.147 e. The van der Waals surface area contributed by atoms with Gasteiger partial charge in [0.2, 0.25) is 0 Å². The molecule has 21 heavy (non-hydrogen) atoms. The second-order valence-electron chi connectivity index (χ2n) is 5.02. The zero-order valence-electron chi connectivity index (χ0n) is 11.9. The van der Waals surface area contributed by atoms with Crippen LogP contribution in [0.2, 0.25) is 0 Å². The second kappa shape index (κ2) is 6.73. The molecule has 0 heterocycles. The SMILES string of the molecule is CC(C)c1cc(Br)ccc1OCc1cccc(C#N)c1F. The molecule has 2 aromatic carbocycles. The van der Waals surface area contributed by atoms with E-state index in [1.165, 1.54) is 6.07 Å². The van der Waals surface area contributed by atoms with Crippen LogP contribution in [-0.4, -0.2) is 0 Å². The summed E-state index contributed by atoms with van der Waals surface area (Å²) in [6, 6.07) is 12.3. The maximum absolute atomic E-state index is 14.0. The number of hydrogen-bond acceptors (Lipinski definition) is 2. The van der Waals surface area contributed by atoms with Crippen molar-refractivity contribution in [3.05, 3.63) is 63.4 Å². The molecule has 0 bridgehead atoms. The molecule has 0 spiro atoms. The topological polar surface area (TPSA) is 33.0 Å². The summed E-state index contributed by atoms with van der Waals surface area (Å²) in [6.07, 6.45) is 0. The minimum Gasteiger partial charge on any atom is -0.489 e. The van der Waals surface area contributed by atoms with Crippen LogP contribution in [0.3, 0.4) is 0 Å². The summed E-state index contributed by atoms with van der Waals surface area (Å²) in [5.74, 6) is 0.519. The molecule has 2 aromatic rings. The van der Waals surface area contributed by atoms with E-state index in [1.807, 2.05) is 24.3 Å². The number of nitrogens with zero attached hydrogens (tertiary/aromatic N) is 1. The summed E-state index contributed by atoms with van der Waals surface area (Å²) < 4.78 is 20.7. The zero-order valence-corrected chi connectivity index (χ0v) is 13.4. The van der Waals surface area contributed by atoms with E-state index in [9.17, 15) is 4.39 Å². The molecule has 0 amide bonds. The first-order valence-corrected chi connectivity index (χ1v) is 7.42. The van der Waals surface area contributed by atoms with Gasteiger partial charge in [0, 0.05) is 10.0 Å². The van der Waals surface area contributed by atoms with Gasteiger partial charge in [-0.25, -0.2) is 4.39 Å². The molecule has 0 unspecified atom stereocenters. The summed E-state index contributed by atoms with van der Waals surface area (Å²) in [5, 5.41) is 8.84. The van der Waals surface area contributed by atoms with Crippen LogP contribution in [0, 0.1) is 17.1 Å². The quantitative estimate of drug-likeness (QED) is 0.764. The average molecular weight is 348 g/mol. The van der Waals surface area contributed by atoms with Gasteiger partial charge < -0.3 is 4.74 Å². The number of hydrogen-bond donors (Lipinski definition) is 0. The van der Waals surface area contributed by atoms with Crippen LogP contribution < -0.4 is 4.74 Å². The van der Waals surface area contributed by atoms with Crippen molar-refractivity contribution in [2.24, 2.45) is 0 Å². The Balaban J connectivity index is 2.23. The fourth-order valence-electron chi connectivity index (χ4n) is 2.04. The summed E-state index contributed by atoms with van der Waals surface area (Å²) >= 11 is 3.44. The van der Waals surface area contributed by atoms with E-state index < -0.39 is 5.82 Å². The van der Waals surface area contributed by atoms with Crippen LogP contribution >= 0.6 is 15.9 Å². The minimum atomic E-state index is -0.511. The third-order valence-electron chi connectivity index (χ3n) is 3.18. The van der Waals surface area contributed by atoms with Crippen molar-refractivity contribution in [3.8, 4) is 11.8 Å². The van der Waals surface area contributed by atoms with Gasteiger partial charge in [-0.05, 0) is 35.7 Å². The Morgan fingerprint density at radius 1 is 1.29 bits per heavy atom. The lowest BCUT2D eigenvalue weighted by Crippen LogP contribution is -2.03. The third-order valence-corrected chi connectivity index (χ3v) is 3.67. The van der Waals surface area contributed by atoms with Gasteiger partial charge in [0.1, 0.15) is 24.2 Å². The molecule has 0 saturated heterocycles. The summed E-state index contributed by atoms with van der Waals surface area (Å²) in [7, 11) is 0. The lowest BCUT2D eigenvalue weighted by atomic mass is 10.0. The van der Waals surface area contributed by atoms with Crippen molar-refractivity contribution in [2.75, 3.05) is 0 Å². The highest BCUT2D eigenvalue weighted by molar-refractivity contribution is 9.10. The van der Waals surface area contributed by atoms with E-state index in [1.54, 1.807) is 12.1 Å². The molecule has 2 nitrogen and oxygen atoms in total. The van der Waals surface area contributed by atoms with E-state index in [-0.39, 0.29) is 12.2 Å². The Morgan fingerprint density at radius 2 is 2.05 bits per heavy atom. The van der Waals surface area contributed by atoms with Crippen LogP contribution in [0.4, 0.5) is 4.39 Å². The second-order valence-corrected chi connectivity index (χ2v) is 5.93. The lowest BCUT2D eigenvalue weighted by molar-refractivity contribution is 0.295. The van der Waals surface area contributed by atoms with Crippen LogP contribution in [-0.2, 0) is 6.61 Å². The normalized spacial score (nSPS) is 10.5. The molecular weight excluding hydrogens is 333 g/mol. The molecule has 0 saturated carbocycles. The first-order chi connectivity index (χ1) is 10.0. The van der Waals surface area contributed by atoms with Crippen molar-refractivity contribution < 1.29 is 9.13 Å². The van der Waals surface area contributed by atoms with Gasteiger partial charge >= 0.3 is 0 Å². The third kappa shape index (κ3) is 3.62. The standard InChI is InChI=1S/C17H15BrFNO/c1-11(2)15-8-14(18)6-7-16(15)21-10-13-5-3-4-12(9-20)17(13)19/h3-8,11H,10H2,1-2H3. The molecule has 0 aliphatic rings. The molecule has 0 fully saturated rings. The van der Waals surface area contributed by atoms with E-state index in [0.717, 1.165) is 15.8 Å². The predicted octanol–water partition coefficient (Wildman–Crippen LogP) is 5.16. The molecule has 108 valence electrons. The highest BCUT2D eigenvalue weighted by Crippen LogP contribution is 2.30. The Labute approximate surface area is 132 Å². The lowest BCUT2D eigenvalue weighted by Gasteiger charge is -2.15. The molecule has 0 aliphatic heterocycles. The van der Waals surface area contributed by atoms with E-state index >= 15 is 0 Å². The molecule has 0 N–H and O–H groups in total. The average Bonchev–Trinajstić information content (AvgIpc) is 2.47. The van der Waals surface area contributed by atoms with Gasteiger partial charge in [0.15, 0.2) is 0 Å². The highest BCUT2D eigenvalue weighted by atomic mass is 79.9. The molecule has 4 heteroatoms. The van der Waals surface area contributed by atoms with Crippen molar-refractivity contribution in [2.45, 2.75) is 26.4 Å². The van der Waals surface area contributed by atoms with Crippen LogP contribution in [0.5, 0.6) is 5.75 Å². The minimum absolute atomic E-state index is 0.0380. The maximum atomic E-state index is 14.0. The van der Waals surface area contributed by atoms with E-state index in [2.05, 4.69) is 29.8 Å². The Hall–Kier alpha value is -1.86. The molecular formula is C17H15BrFNO. The number of nitriles is 1. The predicted molar refractivity (Wildman–Crippen MR) is 83.7 cm³/mol. The summed E-state index contributed by atoms with van der Waals surface area (Å²) in [4.78, 5) is 0. The largest absolute Gasteiger partial charge is 0.489 e. The Kier molecular flexibility index (Phi) is 4.98. The number of ether oxygens (including phenoxy) is 1. The van der Waals surface area contributed by atoms with Crippen LogP contribution in [0.15, 0.2) is 40.9 Å². The fourth-order valence-corrected chi connectivity index (χ4v) is 2.41. The van der Waals surface area contributed by atoms with Crippen LogP contribution in [0.1, 0.15) is 36.5 Å². The van der Waals surface area contributed by atoms with Gasteiger partial charge in [0.25, 0.3) is 0 Å². The zero-order chi connectivity index (χ0) is 15.4. The van der Waals surface area contributed by atoms with Gasteiger partial charge in [0.05, 0.1) is 5.56 Å². The van der Waals surface area contributed by atoms with E-state index in [4.69, 9.17) is 10.00 Å². The van der Waals surface area contributed by atoms with Crippen LogP contribution in [0.25, 0.3) is 0 Å². The van der Waals surface area contributed by atoms with Crippen molar-refractivity contribution in [3.63, 3.8) is 0 Å². The van der Waals surface area contributed by atoms with Crippen molar-refractivity contribution >= 4 is 15.9 Å². The van der Waals surface area contributed by atoms with Gasteiger partial charge in [-0.15, -0.1) is 0 Å². The van der Waals surface area contributed by atoms with Crippen molar-refractivity contribution in [1.82, 2.24) is 0 Å². The molecule has 0 radical (unpaired) electrons. The number of rotatable bonds is 4. The highest BCUT2D eigenvalue weighted by Gasteiger charge is 2.11. The summed E-state index contributed by atoms with van der Waals surface area (Å²) in [5.41, 5.74) is 1.48. The molecule has 2 rings (SSSR count). The van der Waals surface area contributed by atoms with Gasteiger partial charge in [-0.3, -0.25) is 0 Å². The summed E-state index contributed by atoms with van der Waals surface area (Å²) in [6.45, 7) is 4.25. The molecule has 0 aromatic heterocycles. The van der Waals surface area contributed by atoms with Gasteiger partial charge in [-0.2, -0.15) is 5.26 Å². The monoisotopic (exact) mass is 347 g/mol. The Bertz CT molecular complexity index is 692. The van der Waals surface area contributed by atoms with Crippen molar-refractivity contribution in [1.29, 1.82) is 5.26 Å². The molecule has 0 aliphatic carbocycles. The fraction of sp³-hybridized carbons (Fsp3) is 0.235. The first kappa shape index (κ1) is 15.5. The maximum Gasteiger partial charge on any atom is 0.147 e. The number of benzene rings is 2. The number of halogens is 2.